The monoisotopic (exact) mass is 236 g/mol. The standard InChI is InChI=1S/C10H20N2O2.ClH/c1-8(7-14-2)5-12-10(13)9-3-4-11-6-9;/h8-9,11H,3-7H2,1-2H3,(H,12,13);1H. The first-order valence-corrected chi connectivity index (χ1v) is 5.21. The van der Waals surface area contributed by atoms with Crippen LogP contribution in [0.1, 0.15) is 13.3 Å². The van der Waals surface area contributed by atoms with Crippen LogP contribution in [-0.4, -0.2) is 39.3 Å². The molecule has 0 spiro atoms. The van der Waals surface area contributed by atoms with Crippen LogP contribution in [0.15, 0.2) is 0 Å². The predicted molar refractivity (Wildman–Crippen MR) is 62.3 cm³/mol. The van der Waals surface area contributed by atoms with Gasteiger partial charge in [-0.15, -0.1) is 12.4 Å². The van der Waals surface area contributed by atoms with Gasteiger partial charge in [0.15, 0.2) is 0 Å². The van der Waals surface area contributed by atoms with Gasteiger partial charge in [0, 0.05) is 20.2 Å². The van der Waals surface area contributed by atoms with E-state index in [4.69, 9.17) is 4.74 Å². The van der Waals surface area contributed by atoms with Crippen LogP contribution < -0.4 is 10.6 Å². The zero-order valence-electron chi connectivity index (χ0n) is 9.41. The number of halogens is 1. The number of carbonyl (C=O) groups is 1. The summed E-state index contributed by atoms with van der Waals surface area (Å²) in [4.78, 5) is 11.6. The van der Waals surface area contributed by atoms with Crippen LogP contribution in [0.4, 0.5) is 0 Å². The maximum atomic E-state index is 11.6. The maximum Gasteiger partial charge on any atom is 0.224 e. The summed E-state index contributed by atoms with van der Waals surface area (Å²) in [5, 5.41) is 6.13. The fourth-order valence-electron chi connectivity index (χ4n) is 1.64. The highest BCUT2D eigenvalue weighted by molar-refractivity contribution is 5.85. The highest BCUT2D eigenvalue weighted by Gasteiger charge is 2.22. The fourth-order valence-corrected chi connectivity index (χ4v) is 1.64. The molecule has 2 N–H and O–H groups in total. The van der Waals surface area contributed by atoms with Crippen LogP contribution in [0.5, 0.6) is 0 Å². The number of hydrogen-bond acceptors (Lipinski definition) is 3. The zero-order chi connectivity index (χ0) is 10.4. The third-order valence-corrected chi connectivity index (χ3v) is 2.51. The second-order valence-electron chi connectivity index (χ2n) is 4.00. The molecule has 5 heteroatoms. The molecule has 1 aliphatic heterocycles. The average molecular weight is 237 g/mol. The Labute approximate surface area is 97.5 Å². The first-order chi connectivity index (χ1) is 6.74. The van der Waals surface area contributed by atoms with Crippen LogP contribution >= 0.6 is 12.4 Å². The number of hydrogen-bond donors (Lipinski definition) is 2. The molecule has 4 nitrogen and oxygen atoms in total. The molecule has 0 aromatic heterocycles. The minimum Gasteiger partial charge on any atom is -0.384 e. The van der Waals surface area contributed by atoms with Crippen molar-refractivity contribution in [1.29, 1.82) is 0 Å². The quantitative estimate of drug-likeness (QED) is 0.728. The van der Waals surface area contributed by atoms with Crippen molar-refractivity contribution in [3.8, 4) is 0 Å². The molecule has 2 unspecified atom stereocenters. The lowest BCUT2D eigenvalue weighted by Gasteiger charge is -2.13. The molecule has 1 heterocycles. The molecule has 15 heavy (non-hydrogen) atoms. The minimum atomic E-state index is 0. The van der Waals surface area contributed by atoms with Gasteiger partial charge in [-0.3, -0.25) is 4.79 Å². The van der Waals surface area contributed by atoms with Crippen molar-refractivity contribution in [1.82, 2.24) is 10.6 Å². The summed E-state index contributed by atoms with van der Waals surface area (Å²) in [7, 11) is 1.68. The molecule has 1 amide bonds. The van der Waals surface area contributed by atoms with Gasteiger partial charge in [0.05, 0.1) is 12.5 Å². The van der Waals surface area contributed by atoms with Crippen molar-refractivity contribution in [2.75, 3.05) is 33.4 Å². The first kappa shape index (κ1) is 14.7. The normalized spacial score (nSPS) is 21.9. The molecule has 0 aliphatic carbocycles. The first-order valence-electron chi connectivity index (χ1n) is 5.21. The molecule has 1 fully saturated rings. The number of ether oxygens (including phenoxy) is 1. The molecule has 0 radical (unpaired) electrons. The summed E-state index contributed by atoms with van der Waals surface area (Å²) < 4.78 is 5.00. The molecule has 1 saturated heterocycles. The molecule has 1 rings (SSSR count). The van der Waals surface area contributed by atoms with Gasteiger partial charge in [0.2, 0.25) is 5.91 Å². The fraction of sp³-hybridized carbons (Fsp3) is 0.900. The van der Waals surface area contributed by atoms with Crippen molar-refractivity contribution in [3.05, 3.63) is 0 Å². The molecule has 0 saturated carbocycles. The van der Waals surface area contributed by atoms with Crippen molar-refractivity contribution >= 4 is 18.3 Å². The lowest BCUT2D eigenvalue weighted by atomic mass is 10.1. The Hall–Kier alpha value is -0.320. The van der Waals surface area contributed by atoms with Crippen LogP contribution in [0.3, 0.4) is 0 Å². The van der Waals surface area contributed by atoms with Crippen LogP contribution in [-0.2, 0) is 9.53 Å². The smallest absolute Gasteiger partial charge is 0.224 e. The largest absolute Gasteiger partial charge is 0.384 e. The number of amides is 1. The summed E-state index contributed by atoms with van der Waals surface area (Å²) in [6.07, 6.45) is 0.963. The van der Waals surface area contributed by atoms with Crippen LogP contribution in [0.2, 0.25) is 0 Å². The Balaban J connectivity index is 0.00000196. The van der Waals surface area contributed by atoms with E-state index in [1.807, 2.05) is 0 Å². The van der Waals surface area contributed by atoms with Gasteiger partial charge < -0.3 is 15.4 Å². The van der Waals surface area contributed by atoms with E-state index < -0.39 is 0 Å². The van der Waals surface area contributed by atoms with Crippen molar-refractivity contribution in [3.63, 3.8) is 0 Å². The number of carbonyl (C=O) groups excluding carboxylic acids is 1. The lowest BCUT2D eigenvalue weighted by molar-refractivity contribution is -0.124. The van der Waals surface area contributed by atoms with Gasteiger partial charge in [0.25, 0.3) is 0 Å². The van der Waals surface area contributed by atoms with Crippen molar-refractivity contribution in [2.24, 2.45) is 11.8 Å². The van der Waals surface area contributed by atoms with E-state index in [2.05, 4.69) is 17.6 Å². The lowest BCUT2D eigenvalue weighted by Crippen LogP contribution is -2.35. The van der Waals surface area contributed by atoms with E-state index in [1.54, 1.807) is 7.11 Å². The average Bonchev–Trinajstić information content (AvgIpc) is 2.67. The Morgan fingerprint density at radius 2 is 2.40 bits per heavy atom. The second kappa shape index (κ2) is 7.91. The Kier molecular flexibility index (Phi) is 7.74. The zero-order valence-corrected chi connectivity index (χ0v) is 10.2. The SMILES string of the molecule is COCC(C)CNC(=O)C1CCNC1.Cl. The van der Waals surface area contributed by atoms with Crippen molar-refractivity contribution in [2.45, 2.75) is 13.3 Å². The molecule has 0 aromatic carbocycles. The molecule has 0 aromatic rings. The highest BCUT2D eigenvalue weighted by atomic mass is 35.5. The maximum absolute atomic E-state index is 11.6. The summed E-state index contributed by atoms with van der Waals surface area (Å²) in [6, 6.07) is 0. The summed E-state index contributed by atoms with van der Waals surface area (Å²) in [5.74, 6) is 0.737. The molecule has 0 bridgehead atoms. The Morgan fingerprint density at radius 3 is 2.93 bits per heavy atom. The van der Waals surface area contributed by atoms with E-state index in [1.165, 1.54) is 0 Å². The van der Waals surface area contributed by atoms with Gasteiger partial charge in [-0.25, -0.2) is 0 Å². The van der Waals surface area contributed by atoms with Crippen LogP contribution in [0, 0.1) is 11.8 Å². The minimum absolute atomic E-state index is 0. The van der Waals surface area contributed by atoms with E-state index in [0.29, 0.717) is 19.1 Å². The highest BCUT2D eigenvalue weighted by Crippen LogP contribution is 2.07. The second-order valence-corrected chi connectivity index (χ2v) is 4.00. The van der Waals surface area contributed by atoms with E-state index in [9.17, 15) is 4.79 Å². The van der Waals surface area contributed by atoms with E-state index in [-0.39, 0.29) is 24.2 Å². The Morgan fingerprint density at radius 1 is 1.67 bits per heavy atom. The summed E-state index contributed by atoms with van der Waals surface area (Å²) in [5.41, 5.74) is 0. The Bertz CT molecular complexity index is 184. The van der Waals surface area contributed by atoms with Gasteiger partial charge in [-0.05, 0) is 18.9 Å². The van der Waals surface area contributed by atoms with Crippen molar-refractivity contribution < 1.29 is 9.53 Å². The topological polar surface area (TPSA) is 50.4 Å². The third-order valence-electron chi connectivity index (χ3n) is 2.51. The number of methoxy groups -OCH3 is 1. The predicted octanol–water partition coefficient (Wildman–Crippen LogP) is 0.416. The van der Waals surface area contributed by atoms with Gasteiger partial charge in [-0.1, -0.05) is 6.92 Å². The van der Waals surface area contributed by atoms with E-state index in [0.717, 1.165) is 19.5 Å². The molecular formula is C10H21ClN2O2. The van der Waals surface area contributed by atoms with Gasteiger partial charge in [0.1, 0.15) is 0 Å². The van der Waals surface area contributed by atoms with E-state index >= 15 is 0 Å². The summed E-state index contributed by atoms with van der Waals surface area (Å²) in [6.45, 7) is 5.26. The molecule has 2 atom stereocenters. The third kappa shape index (κ3) is 5.35. The summed E-state index contributed by atoms with van der Waals surface area (Å²) >= 11 is 0. The van der Waals surface area contributed by atoms with Crippen LogP contribution in [0.25, 0.3) is 0 Å². The van der Waals surface area contributed by atoms with Gasteiger partial charge >= 0.3 is 0 Å². The number of rotatable bonds is 5. The van der Waals surface area contributed by atoms with Gasteiger partial charge in [-0.2, -0.15) is 0 Å². The number of nitrogens with one attached hydrogen (secondary N) is 2. The molecular weight excluding hydrogens is 216 g/mol. The molecule has 1 aliphatic rings. The molecule has 90 valence electrons.